The van der Waals surface area contributed by atoms with Crippen molar-refractivity contribution in [2.45, 2.75) is 27.7 Å². The Labute approximate surface area is 146 Å². The maximum absolute atomic E-state index is 12.9. The molecule has 0 radical (unpaired) electrons. The lowest BCUT2D eigenvalue weighted by Gasteiger charge is -2.15. The van der Waals surface area contributed by atoms with Gasteiger partial charge in [-0.2, -0.15) is 0 Å². The predicted molar refractivity (Wildman–Crippen MR) is 100 cm³/mol. The van der Waals surface area contributed by atoms with E-state index in [9.17, 15) is 9.59 Å². The highest BCUT2D eigenvalue weighted by molar-refractivity contribution is 8.19. The molecule has 0 aromatic heterocycles. The molecule has 0 saturated carbocycles. The highest BCUT2D eigenvalue weighted by atomic mass is 32.2. The molecule has 0 aliphatic carbocycles. The van der Waals surface area contributed by atoms with Gasteiger partial charge in [0.05, 0.1) is 10.6 Å². The van der Waals surface area contributed by atoms with Crippen molar-refractivity contribution in [2.24, 2.45) is 0 Å². The van der Waals surface area contributed by atoms with E-state index >= 15 is 0 Å². The third kappa shape index (κ3) is 2.78. The number of rotatable bonds is 2. The molecule has 2 aromatic rings. The summed E-state index contributed by atoms with van der Waals surface area (Å²) in [6, 6.07) is 13.5. The third-order valence-corrected chi connectivity index (χ3v) is 5.45. The number of benzene rings is 2. The third-order valence-electron chi connectivity index (χ3n) is 4.41. The minimum absolute atomic E-state index is 0.241. The Morgan fingerprint density at radius 2 is 1.62 bits per heavy atom. The van der Waals surface area contributed by atoms with Crippen LogP contribution in [0.1, 0.15) is 29.2 Å². The second-order valence-corrected chi connectivity index (χ2v) is 7.01. The summed E-state index contributed by atoms with van der Waals surface area (Å²) >= 11 is 1.02. The zero-order valence-electron chi connectivity index (χ0n) is 14.2. The quantitative estimate of drug-likeness (QED) is 0.703. The fraction of sp³-hybridized carbons (Fsp3) is 0.200. The molecule has 0 N–H and O–H groups in total. The van der Waals surface area contributed by atoms with Gasteiger partial charge in [-0.15, -0.1) is 0 Å². The number of amides is 2. The lowest BCUT2D eigenvalue weighted by molar-refractivity contribution is -0.113. The van der Waals surface area contributed by atoms with E-state index in [1.807, 2.05) is 51.1 Å². The summed E-state index contributed by atoms with van der Waals surface area (Å²) in [7, 11) is 0. The van der Waals surface area contributed by atoms with Crippen molar-refractivity contribution in [3.8, 4) is 0 Å². The minimum Gasteiger partial charge on any atom is -0.268 e. The average Bonchev–Trinajstić information content (AvgIpc) is 2.85. The highest BCUT2D eigenvalue weighted by Crippen LogP contribution is 2.39. The molecule has 122 valence electrons. The molecule has 3 nitrogen and oxygen atoms in total. The van der Waals surface area contributed by atoms with Crippen molar-refractivity contribution in [1.29, 1.82) is 0 Å². The Balaban J connectivity index is 2.04. The van der Waals surface area contributed by atoms with Crippen LogP contribution in [0.3, 0.4) is 0 Å². The van der Waals surface area contributed by atoms with E-state index in [4.69, 9.17) is 0 Å². The van der Waals surface area contributed by atoms with Crippen LogP contribution < -0.4 is 4.90 Å². The first-order valence-electron chi connectivity index (χ1n) is 7.80. The van der Waals surface area contributed by atoms with E-state index in [-0.39, 0.29) is 11.1 Å². The molecule has 0 spiro atoms. The number of imide groups is 1. The van der Waals surface area contributed by atoms with E-state index in [0.717, 1.165) is 28.5 Å². The van der Waals surface area contributed by atoms with Gasteiger partial charge in [0.1, 0.15) is 0 Å². The summed E-state index contributed by atoms with van der Waals surface area (Å²) < 4.78 is 0. The molecule has 0 bridgehead atoms. The molecular formula is C20H19NO2S. The number of hydrogen-bond acceptors (Lipinski definition) is 3. The Kier molecular flexibility index (Phi) is 4.33. The van der Waals surface area contributed by atoms with E-state index in [0.29, 0.717) is 10.6 Å². The fourth-order valence-corrected chi connectivity index (χ4v) is 3.62. The molecule has 1 heterocycles. The number of nitrogens with zero attached hydrogens (tertiary/aromatic N) is 1. The monoisotopic (exact) mass is 337 g/mol. The van der Waals surface area contributed by atoms with Gasteiger partial charge in [-0.1, -0.05) is 36.4 Å². The lowest BCUT2D eigenvalue weighted by atomic mass is 10.0. The van der Waals surface area contributed by atoms with Gasteiger partial charge in [-0.3, -0.25) is 9.59 Å². The zero-order valence-corrected chi connectivity index (χ0v) is 15.0. The number of hydrogen-bond donors (Lipinski definition) is 0. The number of carbonyl (C=O) groups is 2. The molecule has 2 amide bonds. The number of carbonyl (C=O) groups excluding carboxylic acids is 2. The van der Waals surface area contributed by atoms with Crippen molar-refractivity contribution in [2.75, 3.05) is 4.90 Å². The first-order valence-corrected chi connectivity index (χ1v) is 8.62. The maximum Gasteiger partial charge on any atom is 0.298 e. The normalized spacial score (nSPS) is 16.8. The van der Waals surface area contributed by atoms with E-state index in [2.05, 4.69) is 13.0 Å². The van der Waals surface area contributed by atoms with Crippen molar-refractivity contribution >= 4 is 34.2 Å². The Morgan fingerprint density at radius 1 is 0.917 bits per heavy atom. The van der Waals surface area contributed by atoms with Gasteiger partial charge in [0.15, 0.2) is 0 Å². The summed E-state index contributed by atoms with van der Waals surface area (Å²) in [5, 5.41) is -0.243. The molecule has 24 heavy (non-hydrogen) atoms. The van der Waals surface area contributed by atoms with E-state index in [1.165, 1.54) is 16.0 Å². The van der Waals surface area contributed by atoms with Crippen LogP contribution in [0.5, 0.6) is 0 Å². The number of anilines is 1. The summed E-state index contributed by atoms with van der Waals surface area (Å²) in [5.41, 5.74) is 5.77. The Hall–Kier alpha value is -2.33. The van der Waals surface area contributed by atoms with Crippen LogP contribution in [-0.4, -0.2) is 11.1 Å². The summed E-state index contributed by atoms with van der Waals surface area (Å²) in [4.78, 5) is 27.1. The van der Waals surface area contributed by atoms with Crippen LogP contribution in [0.25, 0.3) is 5.57 Å². The number of aryl methyl sites for hydroxylation is 3. The summed E-state index contributed by atoms with van der Waals surface area (Å²) in [5.74, 6) is -0.241. The van der Waals surface area contributed by atoms with E-state index < -0.39 is 0 Å². The second-order valence-electron chi connectivity index (χ2n) is 6.05. The smallest absolute Gasteiger partial charge is 0.268 e. The van der Waals surface area contributed by atoms with Crippen LogP contribution in [-0.2, 0) is 4.79 Å². The number of para-hydroxylation sites is 1. The maximum atomic E-state index is 12.9. The average molecular weight is 337 g/mol. The Morgan fingerprint density at radius 3 is 2.29 bits per heavy atom. The molecule has 4 heteroatoms. The molecule has 1 fully saturated rings. The molecule has 0 unspecified atom stereocenters. The largest absolute Gasteiger partial charge is 0.298 e. The predicted octanol–water partition coefficient (Wildman–Crippen LogP) is 5.24. The van der Waals surface area contributed by atoms with Crippen molar-refractivity contribution in [3.05, 3.63) is 69.6 Å². The molecule has 1 saturated heterocycles. The van der Waals surface area contributed by atoms with Gasteiger partial charge in [-0.05, 0) is 73.4 Å². The van der Waals surface area contributed by atoms with Crippen LogP contribution in [0, 0.1) is 20.8 Å². The van der Waals surface area contributed by atoms with Crippen molar-refractivity contribution in [1.82, 2.24) is 0 Å². The fourth-order valence-electron chi connectivity index (χ4n) is 2.73. The van der Waals surface area contributed by atoms with Crippen molar-refractivity contribution in [3.63, 3.8) is 0 Å². The minimum atomic E-state index is -0.243. The SMILES string of the molecule is C/C(=C1/SC(=O)N(c2ccccc2C)C1=O)c1ccc(C)c(C)c1. The van der Waals surface area contributed by atoms with Gasteiger partial charge in [0, 0.05) is 0 Å². The van der Waals surface area contributed by atoms with Gasteiger partial charge in [-0.25, -0.2) is 4.90 Å². The summed E-state index contributed by atoms with van der Waals surface area (Å²) in [6.45, 7) is 7.91. The van der Waals surface area contributed by atoms with Crippen LogP contribution >= 0.6 is 11.8 Å². The molecular weight excluding hydrogens is 318 g/mol. The molecule has 2 aromatic carbocycles. The Bertz CT molecular complexity index is 883. The van der Waals surface area contributed by atoms with Crippen LogP contribution in [0.2, 0.25) is 0 Å². The standard InChI is InChI=1S/C20H19NO2S/c1-12-9-10-16(11-14(12)3)15(4)18-19(22)21(20(23)24-18)17-8-6-5-7-13(17)2/h5-11H,1-4H3/b18-15-. The first-order chi connectivity index (χ1) is 11.4. The molecule has 3 rings (SSSR count). The summed E-state index contributed by atoms with van der Waals surface area (Å²) in [6.07, 6.45) is 0. The van der Waals surface area contributed by atoms with Gasteiger partial charge < -0.3 is 0 Å². The van der Waals surface area contributed by atoms with Gasteiger partial charge in [0.2, 0.25) is 0 Å². The molecule has 1 aliphatic heterocycles. The van der Waals surface area contributed by atoms with Crippen LogP contribution in [0.4, 0.5) is 10.5 Å². The number of allylic oxidation sites excluding steroid dienone is 1. The molecule has 0 atom stereocenters. The lowest BCUT2D eigenvalue weighted by Crippen LogP contribution is -2.28. The highest BCUT2D eigenvalue weighted by Gasteiger charge is 2.38. The second kappa shape index (κ2) is 6.29. The number of thioether (sulfide) groups is 1. The van der Waals surface area contributed by atoms with Gasteiger partial charge in [0.25, 0.3) is 11.1 Å². The van der Waals surface area contributed by atoms with Crippen molar-refractivity contribution < 1.29 is 9.59 Å². The van der Waals surface area contributed by atoms with Gasteiger partial charge >= 0.3 is 0 Å². The topological polar surface area (TPSA) is 37.4 Å². The zero-order chi connectivity index (χ0) is 17.4. The van der Waals surface area contributed by atoms with Crippen LogP contribution in [0.15, 0.2) is 47.4 Å². The molecule has 1 aliphatic rings. The van der Waals surface area contributed by atoms with E-state index in [1.54, 1.807) is 6.07 Å². The first kappa shape index (κ1) is 16.5.